The Kier molecular flexibility index (Phi) is 4.46. The van der Waals surface area contributed by atoms with Gasteiger partial charge < -0.3 is 15.5 Å². The number of nitrogens with one attached hydrogen (secondary N) is 2. The number of amides is 2. The van der Waals surface area contributed by atoms with E-state index in [1.165, 1.54) is 11.3 Å². The molecule has 0 fully saturated rings. The lowest BCUT2D eigenvalue weighted by molar-refractivity contribution is 0.249. The van der Waals surface area contributed by atoms with Crippen LogP contribution in [0.3, 0.4) is 0 Å². The van der Waals surface area contributed by atoms with E-state index < -0.39 is 0 Å². The number of hydrogen-bond acceptors (Lipinski definition) is 3. The molecule has 6 heteroatoms. The predicted octanol–water partition coefficient (Wildman–Crippen LogP) is 2.99. The Bertz CT molecular complexity index is 752. The van der Waals surface area contributed by atoms with Gasteiger partial charge in [-0.05, 0) is 50.5 Å². The first-order valence-corrected chi connectivity index (χ1v) is 8.36. The normalized spacial score (nSPS) is 14.9. The summed E-state index contributed by atoms with van der Waals surface area (Å²) < 4.78 is 1.76. The molecule has 0 unspecified atom stereocenters. The van der Waals surface area contributed by atoms with Gasteiger partial charge in [-0.1, -0.05) is 0 Å². The molecule has 0 bridgehead atoms. The van der Waals surface area contributed by atoms with Crippen LogP contribution in [-0.2, 0) is 13.5 Å². The van der Waals surface area contributed by atoms with Crippen molar-refractivity contribution < 1.29 is 4.79 Å². The number of anilines is 2. The molecule has 2 N–H and O–H groups in total. The maximum Gasteiger partial charge on any atom is 0.319 e. The summed E-state index contributed by atoms with van der Waals surface area (Å²) in [5.41, 5.74) is 5.34. The molecule has 6 nitrogen and oxygen atoms in total. The van der Waals surface area contributed by atoms with Crippen LogP contribution in [0, 0.1) is 6.92 Å². The maximum atomic E-state index is 12.3. The standard InChI is InChI=1S/C18H25N5O/c1-12(16-11-23(4)21-13(16)2)19-18(24)20-15-7-8-17-14(10-15)6-5-9-22(17)3/h7-8,10-12H,5-6,9H2,1-4H3,(H2,19,20,24)/t12-/m1/s1. The van der Waals surface area contributed by atoms with Gasteiger partial charge in [0.25, 0.3) is 0 Å². The minimum absolute atomic E-state index is 0.0949. The zero-order valence-electron chi connectivity index (χ0n) is 14.8. The van der Waals surface area contributed by atoms with Crippen molar-refractivity contribution in [3.63, 3.8) is 0 Å². The Hall–Kier alpha value is -2.50. The van der Waals surface area contributed by atoms with Crippen LogP contribution in [0.25, 0.3) is 0 Å². The topological polar surface area (TPSA) is 62.2 Å². The van der Waals surface area contributed by atoms with Crippen LogP contribution in [0.4, 0.5) is 16.2 Å². The van der Waals surface area contributed by atoms with E-state index in [-0.39, 0.29) is 12.1 Å². The van der Waals surface area contributed by atoms with Crippen LogP contribution in [0.1, 0.15) is 36.2 Å². The third kappa shape index (κ3) is 3.37. The van der Waals surface area contributed by atoms with Crippen LogP contribution >= 0.6 is 0 Å². The highest BCUT2D eigenvalue weighted by molar-refractivity contribution is 5.90. The SMILES string of the molecule is Cc1nn(C)cc1[C@@H](C)NC(=O)Nc1ccc2c(c1)CCCN2C. The molecule has 1 aromatic carbocycles. The molecular weight excluding hydrogens is 302 g/mol. The zero-order valence-corrected chi connectivity index (χ0v) is 14.8. The van der Waals surface area contributed by atoms with Crippen molar-refractivity contribution >= 4 is 17.4 Å². The molecule has 2 amide bonds. The first kappa shape index (κ1) is 16.4. The van der Waals surface area contributed by atoms with Crippen LogP contribution in [0.2, 0.25) is 0 Å². The molecule has 3 rings (SSSR count). The molecule has 128 valence electrons. The average molecular weight is 327 g/mol. The van der Waals surface area contributed by atoms with Crippen LogP contribution in [0.15, 0.2) is 24.4 Å². The fourth-order valence-corrected chi connectivity index (χ4v) is 3.35. The zero-order chi connectivity index (χ0) is 17.3. The lowest BCUT2D eigenvalue weighted by atomic mass is 10.0. The highest BCUT2D eigenvalue weighted by atomic mass is 16.2. The van der Waals surface area contributed by atoms with Crippen LogP contribution in [-0.4, -0.2) is 29.4 Å². The molecule has 0 saturated heterocycles. The second-order valence-corrected chi connectivity index (χ2v) is 6.53. The predicted molar refractivity (Wildman–Crippen MR) is 96.5 cm³/mol. The first-order valence-electron chi connectivity index (χ1n) is 8.36. The molecule has 1 aliphatic heterocycles. The fraction of sp³-hybridized carbons (Fsp3) is 0.444. The van der Waals surface area contributed by atoms with Gasteiger partial charge in [0, 0.05) is 43.8 Å². The van der Waals surface area contributed by atoms with E-state index in [9.17, 15) is 4.79 Å². The number of nitrogens with zero attached hydrogens (tertiary/aromatic N) is 3. The minimum atomic E-state index is -0.199. The monoisotopic (exact) mass is 327 g/mol. The summed E-state index contributed by atoms with van der Waals surface area (Å²) in [4.78, 5) is 14.5. The second-order valence-electron chi connectivity index (χ2n) is 6.53. The molecule has 1 aliphatic rings. The Morgan fingerprint density at radius 3 is 2.83 bits per heavy atom. The van der Waals surface area contributed by atoms with Gasteiger partial charge in [-0.25, -0.2) is 4.79 Å². The smallest absolute Gasteiger partial charge is 0.319 e. The van der Waals surface area contributed by atoms with E-state index in [1.54, 1.807) is 4.68 Å². The van der Waals surface area contributed by atoms with E-state index in [1.807, 2.05) is 33.2 Å². The van der Waals surface area contributed by atoms with Crippen molar-refractivity contribution in [3.05, 3.63) is 41.2 Å². The van der Waals surface area contributed by atoms with E-state index in [0.717, 1.165) is 36.3 Å². The molecular formula is C18H25N5O. The number of carbonyl (C=O) groups excluding carboxylic acids is 1. The maximum absolute atomic E-state index is 12.3. The van der Waals surface area contributed by atoms with Crippen molar-refractivity contribution in [3.8, 4) is 0 Å². The number of carbonyl (C=O) groups is 1. The fourth-order valence-electron chi connectivity index (χ4n) is 3.35. The Labute approximate surface area is 142 Å². The Morgan fingerprint density at radius 2 is 2.12 bits per heavy atom. The summed E-state index contributed by atoms with van der Waals surface area (Å²) in [5, 5.41) is 10.2. The minimum Gasteiger partial charge on any atom is -0.374 e. The van der Waals surface area contributed by atoms with Crippen LogP contribution in [0.5, 0.6) is 0 Å². The quantitative estimate of drug-likeness (QED) is 0.911. The number of rotatable bonds is 3. The largest absolute Gasteiger partial charge is 0.374 e. The molecule has 0 saturated carbocycles. The lowest BCUT2D eigenvalue weighted by Crippen LogP contribution is -2.31. The number of aryl methyl sites for hydroxylation is 3. The Balaban J connectivity index is 1.66. The first-order chi connectivity index (χ1) is 11.4. The van der Waals surface area contributed by atoms with Crippen LogP contribution < -0.4 is 15.5 Å². The van der Waals surface area contributed by atoms with Gasteiger partial charge in [0.15, 0.2) is 0 Å². The molecule has 0 aliphatic carbocycles. The molecule has 24 heavy (non-hydrogen) atoms. The molecule has 2 heterocycles. The summed E-state index contributed by atoms with van der Waals surface area (Å²) in [5.74, 6) is 0. The number of urea groups is 1. The number of benzene rings is 1. The van der Waals surface area contributed by atoms with Crippen molar-refractivity contribution in [1.29, 1.82) is 0 Å². The summed E-state index contributed by atoms with van der Waals surface area (Å²) in [6.07, 6.45) is 4.15. The molecule has 0 radical (unpaired) electrons. The number of fused-ring (bicyclic) bond motifs is 1. The number of hydrogen-bond donors (Lipinski definition) is 2. The van der Waals surface area contributed by atoms with Crippen molar-refractivity contribution in [2.45, 2.75) is 32.7 Å². The third-order valence-electron chi connectivity index (χ3n) is 4.55. The van der Waals surface area contributed by atoms with Crippen molar-refractivity contribution in [1.82, 2.24) is 15.1 Å². The summed E-state index contributed by atoms with van der Waals surface area (Å²) in [6, 6.07) is 5.82. The highest BCUT2D eigenvalue weighted by Crippen LogP contribution is 2.28. The van der Waals surface area contributed by atoms with Crippen molar-refractivity contribution in [2.75, 3.05) is 23.8 Å². The molecule has 0 spiro atoms. The summed E-state index contributed by atoms with van der Waals surface area (Å²) >= 11 is 0. The molecule has 2 aromatic rings. The van der Waals surface area contributed by atoms with Gasteiger partial charge in [0.1, 0.15) is 0 Å². The van der Waals surface area contributed by atoms with E-state index >= 15 is 0 Å². The Morgan fingerprint density at radius 1 is 1.33 bits per heavy atom. The van der Waals surface area contributed by atoms with Gasteiger partial charge in [-0.2, -0.15) is 5.10 Å². The molecule has 1 atom stereocenters. The van der Waals surface area contributed by atoms with Crippen molar-refractivity contribution in [2.24, 2.45) is 7.05 Å². The third-order valence-corrected chi connectivity index (χ3v) is 4.55. The number of aromatic nitrogens is 2. The van der Waals surface area contributed by atoms with Gasteiger partial charge in [-0.3, -0.25) is 4.68 Å². The van der Waals surface area contributed by atoms with E-state index in [0.29, 0.717) is 0 Å². The highest BCUT2D eigenvalue weighted by Gasteiger charge is 2.16. The van der Waals surface area contributed by atoms with Gasteiger partial charge in [-0.15, -0.1) is 0 Å². The van der Waals surface area contributed by atoms with Gasteiger partial charge in [0.2, 0.25) is 0 Å². The van der Waals surface area contributed by atoms with Gasteiger partial charge >= 0.3 is 6.03 Å². The second kappa shape index (κ2) is 6.55. The van der Waals surface area contributed by atoms with E-state index in [2.05, 4.69) is 39.8 Å². The summed E-state index contributed by atoms with van der Waals surface area (Å²) in [7, 11) is 3.99. The summed E-state index contributed by atoms with van der Waals surface area (Å²) in [6.45, 7) is 5.00. The average Bonchev–Trinajstić information content (AvgIpc) is 2.86. The lowest BCUT2D eigenvalue weighted by Gasteiger charge is -2.27. The van der Waals surface area contributed by atoms with E-state index in [4.69, 9.17) is 0 Å². The van der Waals surface area contributed by atoms with Gasteiger partial charge in [0.05, 0.1) is 11.7 Å². The molecule has 1 aromatic heterocycles.